The van der Waals surface area contributed by atoms with Crippen molar-refractivity contribution < 1.29 is 14.7 Å². The van der Waals surface area contributed by atoms with Crippen molar-refractivity contribution in [1.82, 2.24) is 5.32 Å². The Morgan fingerprint density at radius 1 is 1.38 bits per heavy atom. The Balaban J connectivity index is 2.18. The lowest BCUT2D eigenvalue weighted by Gasteiger charge is -2.42. The standard InChI is InChI=1S/C17H21NO3/c1-3-17(9-4-10-17)18-16(21)14-6-5-12(2)13(11-14)7-8-15(19)20/h5-8,11H,3-4,9-10H2,1-2H3,(H,18,21)(H,19,20)/b8-7+. The zero-order valence-electron chi connectivity index (χ0n) is 12.5. The van der Waals surface area contributed by atoms with Crippen molar-refractivity contribution in [3.63, 3.8) is 0 Å². The predicted molar refractivity (Wildman–Crippen MR) is 82.2 cm³/mol. The second kappa shape index (κ2) is 6.12. The third kappa shape index (κ3) is 3.51. The van der Waals surface area contributed by atoms with Crippen molar-refractivity contribution in [2.24, 2.45) is 0 Å². The minimum Gasteiger partial charge on any atom is -0.478 e. The molecule has 0 unspecified atom stereocenters. The number of amides is 1. The molecule has 1 saturated carbocycles. The van der Waals surface area contributed by atoms with E-state index in [1.165, 1.54) is 6.08 Å². The normalized spacial score (nSPS) is 16.5. The van der Waals surface area contributed by atoms with E-state index in [0.717, 1.165) is 42.9 Å². The van der Waals surface area contributed by atoms with Crippen LogP contribution in [0.15, 0.2) is 24.3 Å². The van der Waals surface area contributed by atoms with E-state index in [0.29, 0.717) is 5.56 Å². The Kier molecular flexibility index (Phi) is 4.46. The molecular formula is C17H21NO3. The highest BCUT2D eigenvalue weighted by molar-refractivity contribution is 5.96. The van der Waals surface area contributed by atoms with E-state index < -0.39 is 5.97 Å². The first-order valence-electron chi connectivity index (χ1n) is 7.30. The molecule has 1 aliphatic carbocycles. The average molecular weight is 287 g/mol. The third-order valence-corrected chi connectivity index (χ3v) is 4.31. The van der Waals surface area contributed by atoms with Gasteiger partial charge in [0.15, 0.2) is 0 Å². The molecule has 1 amide bonds. The van der Waals surface area contributed by atoms with E-state index in [1.54, 1.807) is 12.1 Å². The van der Waals surface area contributed by atoms with Gasteiger partial charge in [-0.1, -0.05) is 13.0 Å². The van der Waals surface area contributed by atoms with Crippen LogP contribution in [0.1, 0.15) is 54.1 Å². The van der Waals surface area contributed by atoms with Gasteiger partial charge in [0.25, 0.3) is 5.91 Å². The summed E-state index contributed by atoms with van der Waals surface area (Å²) in [5.74, 6) is -1.08. The molecule has 0 bridgehead atoms. The second-order valence-corrected chi connectivity index (χ2v) is 5.68. The third-order valence-electron chi connectivity index (χ3n) is 4.31. The quantitative estimate of drug-likeness (QED) is 0.817. The summed E-state index contributed by atoms with van der Waals surface area (Å²) < 4.78 is 0. The second-order valence-electron chi connectivity index (χ2n) is 5.68. The van der Waals surface area contributed by atoms with Crippen LogP contribution in [0.25, 0.3) is 6.08 Å². The van der Waals surface area contributed by atoms with Gasteiger partial charge >= 0.3 is 5.97 Å². The molecule has 0 spiro atoms. The van der Waals surface area contributed by atoms with Crippen LogP contribution in [0.2, 0.25) is 0 Å². The first-order chi connectivity index (χ1) is 9.96. The van der Waals surface area contributed by atoms with Gasteiger partial charge in [0.1, 0.15) is 0 Å². The number of aliphatic carboxylic acids is 1. The lowest BCUT2D eigenvalue weighted by atomic mass is 9.74. The molecule has 0 radical (unpaired) electrons. The number of carboxylic acids is 1. The van der Waals surface area contributed by atoms with E-state index in [1.807, 2.05) is 13.0 Å². The van der Waals surface area contributed by atoms with Crippen molar-refractivity contribution in [3.05, 3.63) is 41.0 Å². The van der Waals surface area contributed by atoms with Crippen molar-refractivity contribution >= 4 is 18.0 Å². The van der Waals surface area contributed by atoms with Gasteiger partial charge in [-0.15, -0.1) is 0 Å². The Morgan fingerprint density at radius 2 is 2.10 bits per heavy atom. The van der Waals surface area contributed by atoms with E-state index in [9.17, 15) is 9.59 Å². The smallest absolute Gasteiger partial charge is 0.328 e. The van der Waals surface area contributed by atoms with Crippen LogP contribution in [0, 0.1) is 6.92 Å². The summed E-state index contributed by atoms with van der Waals surface area (Å²) in [4.78, 5) is 23.0. The molecule has 21 heavy (non-hydrogen) atoms. The fraction of sp³-hybridized carbons (Fsp3) is 0.412. The summed E-state index contributed by atoms with van der Waals surface area (Å²) >= 11 is 0. The van der Waals surface area contributed by atoms with Crippen molar-refractivity contribution in [2.75, 3.05) is 0 Å². The fourth-order valence-electron chi connectivity index (χ4n) is 2.61. The van der Waals surface area contributed by atoms with E-state index in [2.05, 4.69) is 12.2 Å². The molecule has 2 N–H and O–H groups in total. The SMILES string of the molecule is CCC1(NC(=O)c2ccc(C)c(/C=C/C(=O)O)c2)CCC1. The number of rotatable bonds is 5. The van der Waals surface area contributed by atoms with Crippen molar-refractivity contribution in [2.45, 2.75) is 45.1 Å². The summed E-state index contributed by atoms with van der Waals surface area (Å²) in [7, 11) is 0. The van der Waals surface area contributed by atoms with Crippen LogP contribution in [-0.4, -0.2) is 22.5 Å². The molecule has 1 aromatic rings. The summed E-state index contributed by atoms with van der Waals surface area (Å²) in [6.07, 6.45) is 6.78. The van der Waals surface area contributed by atoms with Gasteiger partial charge < -0.3 is 10.4 Å². The number of carboxylic acid groups (broad SMARTS) is 1. The molecule has 1 aromatic carbocycles. The Hall–Kier alpha value is -2.10. The van der Waals surface area contributed by atoms with Crippen LogP contribution >= 0.6 is 0 Å². The van der Waals surface area contributed by atoms with E-state index >= 15 is 0 Å². The topological polar surface area (TPSA) is 66.4 Å². The van der Waals surface area contributed by atoms with Gasteiger partial charge in [-0.3, -0.25) is 4.79 Å². The lowest BCUT2D eigenvalue weighted by molar-refractivity contribution is -0.131. The molecule has 2 rings (SSSR count). The monoisotopic (exact) mass is 287 g/mol. The van der Waals surface area contributed by atoms with Crippen LogP contribution in [0.3, 0.4) is 0 Å². The molecule has 0 heterocycles. The first-order valence-corrected chi connectivity index (χ1v) is 7.30. The molecule has 0 aromatic heterocycles. The van der Waals surface area contributed by atoms with Gasteiger partial charge in [0.2, 0.25) is 0 Å². The zero-order valence-corrected chi connectivity index (χ0v) is 12.5. The minimum atomic E-state index is -0.997. The number of hydrogen-bond acceptors (Lipinski definition) is 2. The molecule has 0 saturated heterocycles. The maximum atomic E-state index is 12.4. The van der Waals surface area contributed by atoms with Crippen LogP contribution < -0.4 is 5.32 Å². The van der Waals surface area contributed by atoms with Gasteiger partial charge in [0.05, 0.1) is 0 Å². The summed E-state index contributed by atoms with van der Waals surface area (Å²) in [5.41, 5.74) is 2.23. The van der Waals surface area contributed by atoms with Gasteiger partial charge in [-0.25, -0.2) is 4.79 Å². The number of benzene rings is 1. The summed E-state index contributed by atoms with van der Waals surface area (Å²) in [6, 6.07) is 5.37. The summed E-state index contributed by atoms with van der Waals surface area (Å²) in [6.45, 7) is 3.98. The number of carbonyl (C=O) groups is 2. The Bertz CT molecular complexity index is 580. The molecule has 0 atom stereocenters. The fourth-order valence-corrected chi connectivity index (χ4v) is 2.61. The highest BCUT2D eigenvalue weighted by atomic mass is 16.4. The van der Waals surface area contributed by atoms with Crippen molar-refractivity contribution in [1.29, 1.82) is 0 Å². The first kappa shape index (κ1) is 15.3. The van der Waals surface area contributed by atoms with Gasteiger partial charge in [-0.05, 0) is 61.9 Å². The molecule has 0 aliphatic heterocycles. The van der Waals surface area contributed by atoms with E-state index in [-0.39, 0.29) is 11.4 Å². The minimum absolute atomic E-state index is 0.0426. The zero-order chi connectivity index (χ0) is 15.5. The number of hydrogen-bond donors (Lipinski definition) is 2. The maximum absolute atomic E-state index is 12.4. The van der Waals surface area contributed by atoms with E-state index in [4.69, 9.17) is 5.11 Å². The molecule has 112 valence electrons. The number of aryl methyl sites for hydroxylation is 1. The molecule has 4 heteroatoms. The maximum Gasteiger partial charge on any atom is 0.328 e. The predicted octanol–water partition coefficient (Wildman–Crippen LogP) is 3.16. The Morgan fingerprint density at radius 3 is 2.62 bits per heavy atom. The number of carbonyl (C=O) groups excluding carboxylic acids is 1. The van der Waals surface area contributed by atoms with Crippen LogP contribution in [0.4, 0.5) is 0 Å². The summed E-state index contributed by atoms with van der Waals surface area (Å²) in [5, 5.41) is 11.8. The Labute approximate surface area is 124 Å². The van der Waals surface area contributed by atoms with Gasteiger partial charge in [0, 0.05) is 17.2 Å². The lowest BCUT2D eigenvalue weighted by Crippen LogP contribution is -2.52. The molecular weight excluding hydrogens is 266 g/mol. The highest BCUT2D eigenvalue weighted by Gasteiger charge is 2.36. The van der Waals surface area contributed by atoms with Crippen molar-refractivity contribution in [3.8, 4) is 0 Å². The highest BCUT2D eigenvalue weighted by Crippen LogP contribution is 2.34. The molecule has 4 nitrogen and oxygen atoms in total. The molecule has 1 aliphatic rings. The average Bonchev–Trinajstić information content (AvgIpc) is 2.41. The largest absolute Gasteiger partial charge is 0.478 e. The van der Waals surface area contributed by atoms with Crippen LogP contribution in [-0.2, 0) is 4.79 Å². The van der Waals surface area contributed by atoms with Gasteiger partial charge in [-0.2, -0.15) is 0 Å². The molecule has 1 fully saturated rings. The number of nitrogens with one attached hydrogen (secondary N) is 1. The van der Waals surface area contributed by atoms with Crippen LogP contribution in [0.5, 0.6) is 0 Å².